The summed E-state index contributed by atoms with van der Waals surface area (Å²) in [5.74, 6) is -0.184. The van der Waals surface area contributed by atoms with Gasteiger partial charge in [-0.2, -0.15) is 0 Å². The fraction of sp³-hybridized carbons (Fsp3) is 0.200. The lowest BCUT2D eigenvalue weighted by molar-refractivity contribution is 0.632. The summed E-state index contributed by atoms with van der Waals surface area (Å²) < 4.78 is 14.9. The molecule has 31 heavy (non-hydrogen) atoms. The van der Waals surface area contributed by atoms with E-state index >= 15 is 0 Å². The van der Waals surface area contributed by atoms with Crippen molar-refractivity contribution in [3.63, 3.8) is 0 Å². The highest BCUT2D eigenvalue weighted by atomic mass is 19.1. The highest BCUT2D eigenvalue weighted by Crippen LogP contribution is 2.30. The van der Waals surface area contributed by atoms with E-state index in [1.54, 1.807) is 6.07 Å². The molecule has 0 aliphatic heterocycles. The van der Waals surface area contributed by atoms with E-state index in [2.05, 4.69) is 74.5 Å². The van der Waals surface area contributed by atoms with Crippen LogP contribution in [0.15, 0.2) is 91.0 Å². The summed E-state index contributed by atoms with van der Waals surface area (Å²) >= 11 is 0. The minimum atomic E-state index is -0.184. The average molecular weight is 409 g/mol. The molecule has 0 aliphatic rings. The van der Waals surface area contributed by atoms with E-state index in [0.717, 1.165) is 42.4 Å². The molecule has 0 radical (unpaired) electrons. The van der Waals surface area contributed by atoms with Crippen molar-refractivity contribution < 1.29 is 4.39 Å². The standard InChI is InChI=1S/C30H29F/c1-3-5-22-7-11-24(12-8-22)25-15-17-26(18-16-25)28-19-20-29(30(31)21-28)27-13-9-23(6-4-2)10-14-27/h7-21H,3-6H2,1-2H3. The second-order valence-electron chi connectivity index (χ2n) is 8.17. The predicted molar refractivity (Wildman–Crippen MR) is 131 cm³/mol. The fourth-order valence-electron chi connectivity index (χ4n) is 4.08. The Morgan fingerprint density at radius 2 is 0.871 bits per heavy atom. The largest absolute Gasteiger partial charge is 0.206 e. The van der Waals surface area contributed by atoms with Gasteiger partial charge in [-0.25, -0.2) is 4.39 Å². The van der Waals surface area contributed by atoms with Crippen molar-refractivity contribution in [2.45, 2.75) is 39.5 Å². The van der Waals surface area contributed by atoms with Crippen LogP contribution in [0.3, 0.4) is 0 Å². The Bertz CT molecular complexity index is 1120. The average Bonchev–Trinajstić information content (AvgIpc) is 2.81. The Kier molecular flexibility index (Phi) is 6.62. The number of benzene rings is 4. The van der Waals surface area contributed by atoms with E-state index in [9.17, 15) is 4.39 Å². The number of halogens is 1. The van der Waals surface area contributed by atoms with E-state index < -0.39 is 0 Å². The third-order valence-corrected chi connectivity index (χ3v) is 5.82. The SMILES string of the molecule is CCCc1ccc(-c2ccc(-c3ccc(-c4ccc(CCC)cc4)c(F)c3)cc2)cc1. The Labute approximate surface area is 185 Å². The molecule has 0 fully saturated rings. The highest BCUT2D eigenvalue weighted by molar-refractivity contribution is 5.73. The topological polar surface area (TPSA) is 0 Å². The number of aryl methyl sites for hydroxylation is 2. The van der Waals surface area contributed by atoms with Crippen molar-refractivity contribution in [2.24, 2.45) is 0 Å². The van der Waals surface area contributed by atoms with Crippen molar-refractivity contribution in [3.8, 4) is 33.4 Å². The van der Waals surface area contributed by atoms with Gasteiger partial charge in [0.25, 0.3) is 0 Å². The molecular weight excluding hydrogens is 379 g/mol. The van der Waals surface area contributed by atoms with E-state index in [1.165, 1.54) is 22.3 Å². The Morgan fingerprint density at radius 1 is 0.484 bits per heavy atom. The summed E-state index contributed by atoms with van der Waals surface area (Å²) in [6, 6.07) is 30.9. The van der Waals surface area contributed by atoms with Crippen molar-refractivity contribution >= 4 is 0 Å². The number of hydrogen-bond acceptors (Lipinski definition) is 0. The Hall–Kier alpha value is -3.19. The van der Waals surface area contributed by atoms with Crippen LogP contribution in [0.1, 0.15) is 37.8 Å². The van der Waals surface area contributed by atoms with E-state index in [1.807, 2.05) is 24.3 Å². The summed E-state index contributed by atoms with van der Waals surface area (Å²) in [6.45, 7) is 4.37. The molecule has 0 N–H and O–H groups in total. The fourth-order valence-corrected chi connectivity index (χ4v) is 4.08. The van der Waals surface area contributed by atoms with E-state index in [4.69, 9.17) is 0 Å². The van der Waals surface area contributed by atoms with Crippen LogP contribution >= 0.6 is 0 Å². The molecule has 0 bridgehead atoms. The Morgan fingerprint density at radius 3 is 1.32 bits per heavy atom. The van der Waals surface area contributed by atoms with Crippen molar-refractivity contribution in [1.29, 1.82) is 0 Å². The molecule has 0 saturated heterocycles. The van der Waals surface area contributed by atoms with Crippen molar-refractivity contribution in [3.05, 3.63) is 108 Å². The quantitative estimate of drug-likeness (QED) is 0.287. The lowest BCUT2D eigenvalue weighted by Crippen LogP contribution is -1.88. The first kappa shape index (κ1) is 21.1. The molecule has 0 spiro atoms. The molecule has 0 saturated carbocycles. The predicted octanol–water partition coefficient (Wildman–Crippen LogP) is 8.73. The lowest BCUT2D eigenvalue weighted by Gasteiger charge is -2.09. The Balaban J connectivity index is 1.53. The number of rotatable bonds is 7. The monoisotopic (exact) mass is 408 g/mol. The van der Waals surface area contributed by atoms with Crippen molar-refractivity contribution in [2.75, 3.05) is 0 Å². The summed E-state index contributed by atoms with van der Waals surface area (Å²) in [4.78, 5) is 0. The van der Waals surface area contributed by atoms with Crippen LogP contribution in [-0.2, 0) is 12.8 Å². The van der Waals surface area contributed by atoms with Crippen LogP contribution < -0.4 is 0 Å². The smallest absolute Gasteiger partial charge is 0.131 e. The first-order chi connectivity index (χ1) is 15.2. The number of hydrogen-bond donors (Lipinski definition) is 0. The summed E-state index contributed by atoms with van der Waals surface area (Å²) in [5, 5.41) is 0. The summed E-state index contributed by atoms with van der Waals surface area (Å²) in [6.07, 6.45) is 4.45. The van der Waals surface area contributed by atoms with Gasteiger partial charge in [-0.05, 0) is 57.9 Å². The second kappa shape index (κ2) is 9.75. The van der Waals surface area contributed by atoms with Crippen LogP contribution in [0.2, 0.25) is 0 Å². The van der Waals surface area contributed by atoms with Gasteiger partial charge < -0.3 is 0 Å². The minimum absolute atomic E-state index is 0.184. The van der Waals surface area contributed by atoms with Gasteiger partial charge in [0.1, 0.15) is 5.82 Å². The zero-order valence-corrected chi connectivity index (χ0v) is 18.4. The molecular formula is C30H29F. The molecule has 0 aromatic heterocycles. The molecule has 0 heterocycles. The van der Waals surface area contributed by atoms with Gasteiger partial charge in [0.15, 0.2) is 0 Å². The van der Waals surface area contributed by atoms with Gasteiger partial charge in [-0.15, -0.1) is 0 Å². The summed E-state index contributed by atoms with van der Waals surface area (Å²) in [5.41, 5.74) is 8.54. The van der Waals surface area contributed by atoms with Gasteiger partial charge in [0.05, 0.1) is 0 Å². The first-order valence-corrected chi connectivity index (χ1v) is 11.3. The highest BCUT2D eigenvalue weighted by Gasteiger charge is 2.08. The molecule has 0 amide bonds. The van der Waals surface area contributed by atoms with Crippen LogP contribution in [0, 0.1) is 5.82 Å². The summed E-state index contributed by atoms with van der Waals surface area (Å²) in [7, 11) is 0. The third-order valence-electron chi connectivity index (χ3n) is 5.82. The molecule has 4 aromatic rings. The van der Waals surface area contributed by atoms with Crippen LogP contribution in [0.5, 0.6) is 0 Å². The van der Waals surface area contributed by atoms with Gasteiger partial charge in [-0.1, -0.05) is 112 Å². The molecule has 0 atom stereocenters. The first-order valence-electron chi connectivity index (χ1n) is 11.3. The second-order valence-corrected chi connectivity index (χ2v) is 8.17. The molecule has 0 aliphatic carbocycles. The van der Waals surface area contributed by atoms with Crippen LogP contribution in [-0.4, -0.2) is 0 Å². The lowest BCUT2D eigenvalue weighted by atomic mass is 9.96. The van der Waals surface area contributed by atoms with Gasteiger partial charge >= 0.3 is 0 Å². The molecule has 0 nitrogen and oxygen atoms in total. The van der Waals surface area contributed by atoms with Gasteiger partial charge in [0.2, 0.25) is 0 Å². The molecule has 4 aromatic carbocycles. The van der Waals surface area contributed by atoms with Crippen LogP contribution in [0.25, 0.3) is 33.4 Å². The maximum Gasteiger partial charge on any atom is 0.131 e. The van der Waals surface area contributed by atoms with Gasteiger partial charge in [0, 0.05) is 5.56 Å². The molecule has 156 valence electrons. The molecule has 4 rings (SSSR count). The molecule has 1 heteroatoms. The zero-order chi connectivity index (χ0) is 21.6. The van der Waals surface area contributed by atoms with Crippen molar-refractivity contribution in [1.82, 2.24) is 0 Å². The van der Waals surface area contributed by atoms with E-state index in [0.29, 0.717) is 5.56 Å². The minimum Gasteiger partial charge on any atom is -0.206 e. The third kappa shape index (κ3) is 4.94. The van der Waals surface area contributed by atoms with E-state index in [-0.39, 0.29) is 5.82 Å². The normalized spacial score (nSPS) is 10.9. The molecule has 0 unspecified atom stereocenters. The van der Waals surface area contributed by atoms with Crippen LogP contribution in [0.4, 0.5) is 4.39 Å². The maximum absolute atomic E-state index is 14.9. The maximum atomic E-state index is 14.9. The van der Waals surface area contributed by atoms with Gasteiger partial charge in [-0.3, -0.25) is 0 Å². The zero-order valence-electron chi connectivity index (χ0n) is 18.4.